The molecule has 0 spiro atoms. The molecule has 2 N–H and O–H groups in total. The number of nitrogens with one attached hydrogen (secondary N) is 2. The fourth-order valence-electron chi connectivity index (χ4n) is 3.59. The molecule has 1 saturated heterocycles. The lowest BCUT2D eigenvalue weighted by molar-refractivity contribution is -0.117. The molecule has 1 aliphatic rings. The molecule has 4 rings (SSSR count). The molecule has 3 aromatic heterocycles. The predicted molar refractivity (Wildman–Crippen MR) is 113 cm³/mol. The van der Waals surface area contributed by atoms with Gasteiger partial charge in [-0.3, -0.25) is 9.69 Å². The van der Waals surface area contributed by atoms with Crippen molar-refractivity contribution in [2.75, 3.05) is 25.0 Å². The Bertz CT molecular complexity index is 977. The van der Waals surface area contributed by atoms with Gasteiger partial charge in [-0.2, -0.15) is 0 Å². The number of furan rings is 1. The highest BCUT2D eigenvalue weighted by Crippen LogP contribution is 2.26. The van der Waals surface area contributed by atoms with Crippen molar-refractivity contribution < 1.29 is 9.21 Å². The van der Waals surface area contributed by atoms with Gasteiger partial charge in [-0.1, -0.05) is 0 Å². The number of thiazole rings is 1. The van der Waals surface area contributed by atoms with E-state index in [1.165, 1.54) is 11.3 Å². The number of aryl methyl sites for hydroxylation is 1. The van der Waals surface area contributed by atoms with Gasteiger partial charge in [0.2, 0.25) is 5.91 Å². The topological polar surface area (TPSA) is 96.2 Å². The van der Waals surface area contributed by atoms with Crippen LogP contribution in [0.2, 0.25) is 0 Å². The van der Waals surface area contributed by atoms with E-state index in [1.807, 2.05) is 24.4 Å². The van der Waals surface area contributed by atoms with Gasteiger partial charge in [-0.25, -0.2) is 15.0 Å². The normalized spacial score (nSPS) is 20.0. The molecule has 8 nitrogen and oxygen atoms in total. The zero-order chi connectivity index (χ0) is 20.4. The van der Waals surface area contributed by atoms with E-state index in [0.29, 0.717) is 41.7 Å². The average molecular weight is 413 g/mol. The van der Waals surface area contributed by atoms with Gasteiger partial charge in [0, 0.05) is 42.8 Å². The summed E-state index contributed by atoms with van der Waals surface area (Å²) in [6, 6.07) is 6.15. The van der Waals surface area contributed by atoms with Crippen molar-refractivity contribution in [2.24, 2.45) is 0 Å². The molecule has 9 heteroatoms. The number of hydrogen-bond acceptors (Lipinski definition) is 8. The third-order valence-corrected chi connectivity index (χ3v) is 5.40. The highest BCUT2D eigenvalue weighted by atomic mass is 32.1. The zero-order valence-electron chi connectivity index (χ0n) is 16.7. The number of aromatic nitrogens is 3. The molecule has 2 atom stereocenters. The van der Waals surface area contributed by atoms with Gasteiger partial charge in [0.1, 0.15) is 22.3 Å². The van der Waals surface area contributed by atoms with Gasteiger partial charge in [0.05, 0.1) is 6.54 Å². The zero-order valence-corrected chi connectivity index (χ0v) is 17.5. The van der Waals surface area contributed by atoms with E-state index in [9.17, 15) is 4.79 Å². The van der Waals surface area contributed by atoms with Crippen LogP contribution in [0.25, 0.3) is 22.3 Å². The number of anilines is 1. The van der Waals surface area contributed by atoms with Crippen molar-refractivity contribution in [2.45, 2.75) is 32.9 Å². The second-order valence-electron chi connectivity index (χ2n) is 7.42. The van der Waals surface area contributed by atoms with Gasteiger partial charge in [-0.15, -0.1) is 11.3 Å². The minimum absolute atomic E-state index is 0.100. The smallest absolute Gasteiger partial charge is 0.239 e. The highest BCUT2D eigenvalue weighted by Gasteiger charge is 2.23. The summed E-state index contributed by atoms with van der Waals surface area (Å²) in [6.07, 6.45) is 1.73. The minimum atomic E-state index is -0.100. The summed E-state index contributed by atoms with van der Waals surface area (Å²) >= 11 is 1.48. The largest absolute Gasteiger partial charge is 0.458 e. The first-order chi connectivity index (χ1) is 14.0. The van der Waals surface area contributed by atoms with Gasteiger partial charge >= 0.3 is 0 Å². The number of nitrogens with zero attached hydrogens (tertiary/aromatic N) is 4. The van der Waals surface area contributed by atoms with E-state index in [0.717, 1.165) is 23.9 Å². The monoisotopic (exact) mass is 412 g/mol. The maximum Gasteiger partial charge on any atom is 0.239 e. The summed E-state index contributed by atoms with van der Waals surface area (Å²) in [5.74, 6) is 2.09. The van der Waals surface area contributed by atoms with Crippen molar-refractivity contribution >= 4 is 23.1 Å². The Morgan fingerprint density at radius 1 is 1.31 bits per heavy atom. The van der Waals surface area contributed by atoms with Crippen molar-refractivity contribution in [3.63, 3.8) is 0 Å². The van der Waals surface area contributed by atoms with Gasteiger partial charge in [0.15, 0.2) is 11.6 Å². The number of rotatable bonds is 5. The number of hydrogen-bond donors (Lipinski definition) is 2. The van der Waals surface area contributed by atoms with Gasteiger partial charge < -0.3 is 15.1 Å². The van der Waals surface area contributed by atoms with E-state index >= 15 is 0 Å². The lowest BCUT2D eigenvalue weighted by Gasteiger charge is -2.35. The van der Waals surface area contributed by atoms with E-state index in [2.05, 4.69) is 44.3 Å². The summed E-state index contributed by atoms with van der Waals surface area (Å²) in [5, 5.41) is 9.04. The maximum atomic E-state index is 12.7. The molecule has 3 aromatic rings. The molecule has 0 bridgehead atoms. The van der Waals surface area contributed by atoms with Gasteiger partial charge in [0.25, 0.3) is 0 Å². The molecular weight excluding hydrogens is 388 g/mol. The summed E-state index contributed by atoms with van der Waals surface area (Å²) in [5.41, 5.74) is 0.652. The van der Waals surface area contributed by atoms with Crippen LogP contribution in [-0.2, 0) is 4.79 Å². The first-order valence-electron chi connectivity index (χ1n) is 9.60. The molecular formula is C20H24N6O2S. The van der Waals surface area contributed by atoms with Crippen molar-refractivity contribution in [3.05, 3.63) is 35.5 Å². The molecule has 29 heavy (non-hydrogen) atoms. The molecule has 1 amide bonds. The maximum absolute atomic E-state index is 12.7. The van der Waals surface area contributed by atoms with Crippen LogP contribution in [0.3, 0.4) is 0 Å². The number of carbonyl (C=O) groups excluding carboxylic acids is 1. The Balaban J connectivity index is 1.56. The van der Waals surface area contributed by atoms with Crippen LogP contribution < -0.4 is 10.6 Å². The number of carbonyl (C=O) groups is 1. The van der Waals surface area contributed by atoms with Crippen LogP contribution in [0.15, 0.2) is 34.2 Å². The van der Waals surface area contributed by atoms with E-state index in [4.69, 9.17) is 4.42 Å². The Hall–Kier alpha value is -2.62. The average Bonchev–Trinajstić information content (AvgIpc) is 3.32. The number of piperazine rings is 1. The summed E-state index contributed by atoms with van der Waals surface area (Å²) in [6.45, 7) is 8.12. The van der Waals surface area contributed by atoms with E-state index in [1.54, 1.807) is 12.3 Å². The predicted octanol–water partition coefficient (Wildman–Crippen LogP) is 2.79. The first kappa shape index (κ1) is 19.7. The van der Waals surface area contributed by atoms with Crippen LogP contribution in [-0.4, -0.2) is 57.5 Å². The Kier molecular flexibility index (Phi) is 5.70. The summed E-state index contributed by atoms with van der Waals surface area (Å²) < 4.78 is 5.68. The molecule has 0 aliphatic carbocycles. The molecule has 0 saturated carbocycles. The molecule has 1 fully saturated rings. The van der Waals surface area contributed by atoms with Crippen molar-refractivity contribution in [1.82, 2.24) is 25.2 Å². The second kappa shape index (κ2) is 8.40. The fraction of sp³-hybridized carbons (Fsp3) is 0.400. The lowest BCUT2D eigenvalue weighted by atomic mass is 10.1. The SMILES string of the molecule is Cc1ccc(-c2nc(NC(=O)CN3CC(C)NC(C)C3)cc(-c3nccs3)n2)o1. The van der Waals surface area contributed by atoms with Gasteiger partial charge in [-0.05, 0) is 32.9 Å². The minimum Gasteiger partial charge on any atom is -0.458 e. The van der Waals surface area contributed by atoms with Crippen LogP contribution in [0.1, 0.15) is 19.6 Å². The Morgan fingerprint density at radius 3 is 2.76 bits per heavy atom. The summed E-state index contributed by atoms with van der Waals surface area (Å²) in [7, 11) is 0. The first-order valence-corrected chi connectivity index (χ1v) is 10.5. The third-order valence-electron chi connectivity index (χ3n) is 4.61. The van der Waals surface area contributed by atoms with Crippen molar-refractivity contribution in [3.8, 4) is 22.3 Å². The number of amides is 1. The second-order valence-corrected chi connectivity index (χ2v) is 8.32. The Morgan fingerprint density at radius 2 is 2.10 bits per heavy atom. The standard InChI is InChI=1S/C20H24N6O2S/c1-12-9-26(10-13(2)22-12)11-18(27)24-17-8-15(20-21-6-7-29-20)23-19(25-17)16-5-4-14(3)28-16/h4-8,12-13,22H,9-11H2,1-3H3,(H,23,24,25,27). The molecule has 4 heterocycles. The van der Waals surface area contributed by atoms with E-state index < -0.39 is 0 Å². The molecule has 0 aromatic carbocycles. The molecule has 152 valence electrons. The molecule has 0 radical (unpaired) electrons. The molecule has 2 unspecified atom stereocenters. The lowest BCUT2D eigenvalue weighted by Crippen LogP contribution is -2.55. The van der Waals surface area contributed by atoms with Crippen molar-refractivity contribution in [1.29, 1.82) is 0 Å². The third kappa shape index (κ3) is 4.87. The quantitative estimate of drug-likeness (QED) is 0.665. The Labute approximate surface area is 173 Å². The highest BCUT2D eigenvalue weighted by molar-refractivity contribution is 7.13. The van der Waals surface area contributed by atoms with Crippen LogP contribution in [0, 0.1) is 6.92 Å². The molecule has 1 aliphatic heterocycles. The van der Waals surface area contributed by atoms with Crippen LogP contribution in [0.5, 0.6) is 0 Å². The van der Waals surface area contributed by atoms with E-state index in [-0.39, 0.29) is 5.91 Å². The summed E-state index contributed by atoms with van der Waals surface area (Å²) in [4.78, 5) is 28.2. The van der Waals surface area contributed by atoms with Crippen LogP contribution >= 0.6 is 11.3 Å². The van der Waals surface area contributed by atoms with Crippen LogP contribution in [0.4, 0.5) is 5.82 Å². The fourth-order valence-corrected chi connectivity index (χ4v) is 4.19.